The molecule has 0 aromatic heterocycles. The molecule has 3 heteroatoms. The van der Waals surface area contributed by atoms with Crippen molar-refractivity contribution in [3.63, 3.8) is 0 Å². The number of Topliss-reactive ketones (excluding diaryl/α,β-unsaturated/α-hetero) is 1. The molecular formula is C21H36O3. The highest BCUT2D eigenvalue weighted by Gasteiger charge is 2.41. The molecule has 138 valence electrons. The first-order valence-electron chi connectivity index (χ1n) is 9.47. The van der Waals surface area contributed by atoms with E-state index in [-0.39, 0.29) is 11.4 Å². The Balaban J connectivity index is 2.88. The van der Waals surface area contributed by atoms with E-state index in [4.69, 9.17) is 4.74 Å². The molecule has 0 saturated heterocycles. The second kappa shape index (κ2) is 8.82. The summed E-state index contributed by atoms with van der Waals surface area (Å²) in [5.41, 5.74) is 0.772. The Morgan fingerprint density at radius 3 is 2.54 bits per heavy atom. The Labute approximate surface area is 148 Å². The SMILES string of the molecule is CCCCC1(C=C(C)C)CC(=O)CCC1CCC(=O)OC(C)(C)C. The zero-order valence-electron chi connectivity index (χ0n) is 16.5. The van der Waals surface area contributed by atoms with Crippen molar-refractivity contribution in [1.82, 2.24) is 0 Å². The van der Waals surface area contributed by atoms with Crippen molar-refractivity contribution in [3.8, 4) is 0 Å². The van der Waals surface area contributed by atoms with Crippen molar-refractivity contribution in [3.05, 3.63) is 11.6 Å². The Hall–Kier alpha value is -1.12. The van der Waals surface area contributed by atoms with Crippen LogP contribution in [0.25, 0.3) is 0 Å². The lowest BCUT2D eigenvalue weighted by molar-refractivity contribution is -0.155. The van der Waals surface area contributed by atoms with Gasteiger partial charge < -0.3 is 4.74 Å². The average Bonchev–Trinajstić information content (AvgIpc) is 2.41. The molecule has 1 rings (SSSR count). The Bertz CT molecular complexity index is 466. The minimum Gasteiger partial charge on any atom is -0.460 e. The van der Waals surface area contributed by atoms with E-state index in [1.54, 1.807) is 0 Å². The van der Waals surface area contributed by atoms with Gasteiger partial charge in [0.2, 0.25) is 0 Å². The molecular weight excluding hydrogens is 300 g/mol. The molecule has 1 saturated carbocycles. The normalized spacial score (nSPS) is 24.6. The van der Waals surface area contributed by atoms with E-state index < -0.39 is 5.60 Å². The maximum atomic E-state index is 12.2. The van der Waals surface area contributed by atoms with Crippen LogP contribution in [0.4, 0.5) is 0 Å². The van der Waals surface area contributed by atoms with Crippen molar-refractivity contribution in [1.29, 1.82) is 0 Å². The van der Waals surface area contributed by atoms with E-state index in [2.05, 4.69) is 26.8 Å². The van der Waals surface area contributed by atoms with Gasteiger partial charge in [-0.1, -0.05) is 31.4 Å². The Morgan fingerprint density at radius 1 is 1.33 bits per heavy atom. The number of allylic oxidation sites excluding steroid dienone is 2. The van der Waals surface area contributed by atoms with E-state index in [1.165, 1.54) is 5.57 Å². The molecule has 0 N–H and O–H groups in total. The first-order chi connectivity index (χ1) is 11.1. The lowest BCUT2D eigenvalue weighted by Gasteiger charge is -2.42. The summed E-state index contributed by atoms with van der Waals surface area (Å²) in [7, 11) is 0. The van der Waals surface area contributed by atoms with Crippen LogP contribution in [0.5, 0.6) is 0 Å². The van der Waals surface area contributed by atoms with E-state index in [0.29, 0.717) is 31.0 Å². The summed E-state index contributed by atoms with van der Waals surface area (Å²) in [6.07, 6.45) is 9.07. The van der Waals surface area contributed by atoms with Crippen molar-refractivity contribution >= 4 is 11.8 Å². The fourth-order valence-electron chi connectivity index (χ4n) is 3.95. The topological polar surface area (TPSA) is 43.4 Å². The van der Waals surface area contributed by atoms with Crippen LogP contribution in [-0.4, -0.2) is 17.4 Å². The van der Waals surface area contributed by atoms with E-state index in [1.807, 2.05) is 20.8 Å². The zero-order valence-corrected chi connectivity index (χ0v) is 16.5. The highest BCUT2D eigenvalue weighted by molar-refractivity contribution is 5.80. The number of unbranched alkanes of at least 4 members (excludes halogenated alkanes) is 1. The van der Waals surface area contributed by atoms with Crippen LogP contribution >= 0.6 is 0 Å². The summed E-state index contributed by atoms with van der Waals surface area (Å²) in [5, 5.41) is 0. The predicted octanol–water partition coefficient (Wildman–Crippen LogP) is 5.62. The van der Waals surface area contributed by atoms with Gasteiger partial charge in [0, 0.05) is 19.3 Å². The molecule has 1 aliphatic rings. The van der Waals surface area contributed by atoms with Crippen molar-refractivity contribution in [2.45, 2.75) is 98.5 Å². The Kier molecular flexibility index (Phi) is 7.69. The molecule has 1 aliphatic carbocycles. The van der Waals surface area contributed by atoms with Crippen molar-refractivity contribution in [2.75, 3.05) is 0 Å². The minimum absolute atomic E-state index is 0.0633. The zero-order chi connectivity index (χ0) is 18.4. The predicted molar refractivity (Wildman–Crippen MR) is 98.8 cm³/mol. The van der Waals surface area contributed by atoms with Crippen LogP contribution in [-0.2, 0) is 14.3 Å². The quantitative estimate of drug-likeness (QED) is 0.447. The largest absolute Gasteiger partial charge is 0.460 e. The number of rotatable bonds is 7. The van der Waals surface area contributed by atoms with Crippen LogP contribution in [0.2, 0.25) is 0 Å². The van der Waals surface area contributed by atoms with Gasteiger partial charge in [0.25, 0.3) is 0 Å². The van der Waals surface area contributed by atoms with Gasteiger partial charge in [-0.2, -0.15) is 0 Å². The van der Waals surface area contributed by atoms with Crippen LogP contribution in [0.3, 0.4) is 0 Å². The van der Waals surface area contributed by atoms with Crippen LogP contribution in [0.15, 0.2) is 11.6 Å². The lowest BCUT2D eigenvalue weighted by atomic mass is 9.61. The van der Waals surface area contributed by atoms with Crippen LogP contribution < -0.4 is 0 Å². The molecule has 0 aromatic carbocycles. The van der Waals surface area contributed by atoms with Crippen molar-refractivity contribution < 1.29 is 14.3 Å². The number of ketones is 1. The summed E-state index contributed by atoms with van der Waals surface area (Å²) in [6, 6.07) is 0. The molecule has 24 heavy (non-hydrogen) atoms. The van der Waals surface area contributed by atoms with Gasteiger partial charge >= 0.3 is 5.97 Å². The van der Waals surface area contributed by atoms with Gasteiger partial charge in [-0.15, -0.1) is 0 Å². The number of esters is 1. The lowest BCUT2D eigenvalue weighted by Crippen LogP contribution is -2.37. The Morgan fingerprint density at radius 2 is 2.00 bits per heavy atom. The van der Waals surface area contributed by atoms with Gasteiger partial charge in [0.05, 0.1) is 0 Å². The third kappa shape index (κ3) is 6.78. The summed E-state index contributed by atoms with van der Waals surface area (Å²) >= 11 is 0. The third-order valence-corrected chi connectivity index (χ3v) is 4.80. The highest BCUT2D eigenvalue weighted by atomic mass is 16.6. The molecule has 2 atom stereocenters. The minimum atomic E-state index is -0.432. The second-order valence-corrected chi connectivity index (χ2v) is 8.63. The molecule has 3 nitrogen and oxygen atoms in total. The first-order valence-corrected chi connectivity index (χ1v) is 9.47. The standard InChI is InChI=1S/C21H36O3/c1-7-8-13-21(14-16(2)3)15-18(22)11-9-17(21)10-12-19(23)24-20(4,5)6/h14,17H,7-13,15H2,1-6H3. The average molecular weight is 337 g/mol. The van der Waals surface area contributed by atoms with Crippen LogP contribution in [0.1, 0.15) is 92.9 Å². The van der Waals surface area contributed by atoms with Crippen LogP contribution in [0, 0.1) is 11.3 Å². The van der Waals surface area contributed by atoms with E-state index in [9.17, 15) is 9.59 Å². The molecule has 0 aromatic rings. The van der Waals surface area contributed by atoms with E-state index >= 15 is 0 Å². The van der Waals surface area contributed by atoms with Gasteiger partial charge in [0.15, 0.2) is 0 Å². The second-order valence-electron chi connectivity index (χ2n) is 8.63. The highest BCUT2D eigenvalue weighted by Crippen LogP contribution is 2.48. The van der Waals surface area contributed by atoms with Gasteiger partial charge in [-0.05, 0) is 65.2 Å². The smallest absolute Gasteiger partial charge is 0.306 e. The monoisotopic (exact) mass is 336 g/mol. The first kappa shape index (κ1) is 20.9. The molecule has 0 heterocycles. The van der Waals surface area contributed by atoms with E-state index in [0.717, 1.165) is 32.1 Å². The molecule has 0 bridgehead atoms. The summed E-state index contributed by atoms with van der Waals surface area (Å²) < 4.78 is 5.46. The molecule has 0 radical (unpaired) electrons. The number of carbonyl (C=O) groups is 2. The summed E-state index contributed by atoms with van der Waals surface area (Å²) in [4.78, 5) is 24.3. The van der Waals surface area contributed by atoms with Gasteiger partial charge in [-0.25, -0.2) is 0 Å². The fraction of sp³-hybridized carbons (Fsp3) is 0.810. The molecule has 0 aliphatic heterocycles. The molecule has 0 spiro atoms. The maximum absolute atomic E-state index is 12.2. The van der Waals surface area contributed by atoms with Gasteiger partial charge in [-0.3, -0.25) is 9.59 Å². The number of hydrogen-bond donors (Lipinski definition) is 0. The third-order valence-electron chi connectivity index (χ3n) is 4.80. The summed E-state index contributed by atoms with van der Waals surface area (Å²) in [6.45, 7) is 12.1. The molecule has 0 amide bonds. The molecule has 2 unspecified atom stereocenters. The summed E-state index contributed by atoms with van der Waals surface area (Å²) in [5.74, 6) is 0.641. The maximum Gasteiger partial charge on any atom is 0.306 e. The fourth-order valence-corrected chi connectivity index (χ4v) is 3.95. The number of hydrogen-bond acceptors (Lipinski definition) is 3. The van der Waals surface area contributed by atoms with Gasteiger partial charge in [0.1, 0.15) is 11.4 Å². The van der Waals surface area contributed by atoms with Crippen molar-refractivity contribution in [2.24, 2.45) is 11.3 Å². The number of ether oxygens (including phenoxy) is 1. The number of carbonyl (C=O) groups excluding carboxylic acids is 2. The molecule has 1 fully saturated rings.